The summed E-state index contributed by atoms with van der Waals surface area (Å²) in [6.07, 6.45) is 7.15. The van der Waals surface area contributed by atoms with Crippen molar-refractivity contribution in [3.63, 3.8) is 0 Å². The molecule has 7 heteroatoms. The largest absolute Gasteiger partial charge is 0.310 e. The van der Waals surface area contributed by atoms with Crippen LogP contribution in [-0.4, -0.2) is 38.7 Å². The predicted octanol–water partition coefficient (Wildman–Crippen LogP) is 3.77. The van der Waals surface area contributed by atoms with Gasteiger partial charge in [0.2, 0.25) is 5.91 Å². The fourth-order valence-electron chi connectivity index (χ4n) is 3.53. The molecule has 1 N–H and O–H groups in total. The third kappa shape index (κ3) is 4.58. The molecule has 0 saturated carbocycles. The number of aromatic nitrogens is 3. The van der Waals surface area contributed by atoms with E-state index < -0.39 is 0 Å². The van der Waals surface area contributed by atoms with Gasteiger partial charge in [0, 0.05) is 31.7 Å². The molecule has 0 spiro atoms. The van der Waals surface area contributed by atoms with Crippen LogP contribution in [0.2, 0.25) is 5.02 Å². The monoisotopic (exact) mass is 395 g/mol. The van der Waals surface area contributed by atoms with Crippen LogP contribution in [0.25, 0.3) is 5.69 Å². The molecule has 1 atom stereocenters. The molecular formula is C21H22ClN5O. The van der Waals surface area contributed by atoms with Gasteiger partial charge in [-0.05, 0) is 55.3 Å². The lowest BCUT2D eigenvalue weighted by Gasteiger charge is -2.32. The van der Waals surface area contributed by atoms with Gasteiger partial charge < -0.3 is 5.32 Å². The van der Waals surface area contributed by atoms with Crippen LogP contribution in [0.1, 0.15) is 18.4 Å². The summed E-state index contributed by atoms with van der Waals surface area (Å²) in [4.78, 5) is 19.1. The normalized spacial score (nSPS) is 17.4. The van der Waals surface area contributed by atoms with Crippen molar-refractivity contribution < 1.29 is 4.79 Å². The maximum absolute atomic E-state index is 12.6. The molecule has 0 radical (unpaired) electrons. The van der Waals surface area contributed by atoms with Crippen molar-refractivity contribution in [2.24, 2.45) is 5.92 Å². The molecule has 1 saturated heterocycles. The Balaban J connectivity index is 1.34. The van der Waals surface area contributed by atoms with Crippen molar-refractivity contribution >= 4 is 23.3 Å². The Morgan fingerprint density at radius 1 is 1.21 bits per heavy atom. The highest BCUT2D eigenvalue weighted by Crippen LogP contribution is 2.21. The van der Waals surface area contributed by atoms with E-state index >= 15 is 0 Å². The fourth-order valence-corrected chi connectivity index (χ4v) is 3.64. The topological polar surface area (TPSA) is 63.1 Å². The molecule has 0 aliphatic carbocycles. The van der Waals surface area contributed by atoms with E-state index in [9.17, 15) is 4.79 Å². The van der Waals surface area contributed by atoms with E-state index in [1.165, 1.54) is 11.8 Å². The van der Waals surface area contributed by atoms with E-state index in [1.54, 1.807) is 18.3 Å². The van der Waals surface area contributed by atoms with Crippen LogP contribution in [0, 0.1) is 5.92 Å². The number of pyridine rings is 1. The van der Waals surface area contributed by atoms with Gasteiger partial charge in [-0.2, -0.15) is 5.10 Å². The highest BCUT2D eigenvalue weighted by molar-refractivity contribution is 6.30. The lowest BCUT2D eigenvalue weighted by atomic mass is 9.96. The number of hydrogen-bond acceptors (Lipinski definition) is 4. The molecule has 1 unspecified atom stereocenters. The summed E-state index contributed by atoms with van der Waals surface area (Å²) in [7, 11) is 0. The average Bonchev–Trinajstić information content (AvgIpc) is 3.25. The van der Waals surface area contributed by atoms with Crippen molar-refractivity contribution in [3.8, 4) is 5.69 Å². The molecule has 1 amide bonds. The number of likely N-dealkylation sites (tertiary alicyclic amines) is 1. The molecule has 4 rings (SSSR count). The molecule has 28 heavy (non-hydrogen) atoms. The molecule has 0 bridgehead atoms. The summed E-state index contributed by atoms with van der Waals surface area (Å²) in [5, 5.41) is 7.71. The number of amides is 1. The number of piperidine rings is 1. The van der Waals surface area contributed by atoms with Gasteiger partial charge in [-0.15, -0.1) is 0 Å². The van der Waals surface area contributed by atoms with Crippen LogP contribution in [0.15, 0.2) is 61.1 Å². The SMILES string of the molecule is O=C(Nc1ccc(Cl)cn1)C1CCCN(Cc2ccc(-n3cccn3)cc2)C1. The van der Waals surface area contributed by atoms with Gasteiger partial charge in [-0.25, -0.2) is 9.67 Å². The van der Waals surface area contributed by atoms with Crippen molar-refractivity contribution in [2.45, 2.75) is 19.4 Å². The molecular weight excluding hydrogens is 374 g/mol. The molecule has 2 aromatic heterocycles. The first-order valence-electron chi connectivity index (χ1n) is 9.41. The summed E-state index contributed by atoms with van der Waals surface area (Å²) in [5.74, 6) is 0.531. The van der Waals surface area contributed by atoms with E-state index in [0.29, 0.717) is 10.8 Å². The van der Waals surface area contributed by atoms with E-state index in [1.807, 2.05) is 16.9 Å². The van der Waals surface area contributed by atoms with Crippen LogP contribution in [-0.2, 0) is 11.3 Å². The first-order valence-corrected chi connectivity index (χ1v) is 9.79. The molecule has 1 aliphatic rings. The molecule has 1 fully saturated rings. The zero-order valence-corrected chi connectivity index (χ0v) is 16.2. The molecule has 6 nitrogen and oxygen atoms in total. The van der Waals surface area contributed by atoms with E-state index in [2.05, 4.69) is 44.6 Å². The first kappa shape index (κ1) is 18.7. The van der Waals surface area contributed by atoms with Crippen LogP contribution >= 0.6 is 11.6 Å². The third-order valence-electron chi connectivity index (χ3n) is 4.97. The third-order valence-corrected chi connectivity index (χ3v) is 5.19. The van der Waals surface area contributed by atoms with E-state index in [4.69, 9.17) is 11.6 Å². The summed E-state index contributed by atoms with van der Waals surface area (Å²) in [5.41, 5.74) is 2.27. The average molecular weight is 396 g/mol. The highest BCUT2D eigenvalue weighted by Gasteiger charge is 2.26. The zero-order valence-electron chi connectivity index (χ0n) is 15.5. The van der Waals surface area contributed by atoms with Gasteiger partial charge in [-0.3, -0.25) is 9.69 Å². The van der Waals surface area contributed by atoms with E-state index in [0.717, 1.165) is 38.2 Å². The first-order chi connectivity index (χ1) is 13.7. The number of hydrogen-bond donors (Lipinski definition) is 1. The van der Waals surface area contributed by atoms with Crippen molar-refractivity contribution in [2.75, 3.05) is 18.4 Å². The Kier molecular flexibility index (Phi) is 5.69. The fraction of sp³-hybridized carbons (Fsp3) is 0.286. The summed E-state index contributed by atoms with van der Waals surface area (Å²) >= 11 is 5.85. The Hall–Kier alpha value is -2.70. The van der Waals surface area contributed by atoms with Gasteiger partial charge >= 0.3 is 0 Å². The smallest absolute Gasteiger partial charge is 0.229 e. The molecule has 3 aromatic rings. The lowest BCUT2D eigenvalue weighted by Crippen LogP contribution is -2.40. The van der Waals surface area contributed by atoms with Crippen LogP contribution in [0.3, 0.4) is 0 Å². The Bertz CT molecular complexity index is 909. The number of nitrogens with one attached hydrogen (secondary N) is 1. The number of benzene rings is 1. The molecule has 1 aliphatic heterocycles. The maximum atomic E-state index is 12.6. The van der Waals surface area contributed by atoms with E-state index in [-0.39, 0.29) is 11.8 Å². The number of halogens is 1. The summed E-state index contributed by atoms with van der Waals surface area (Å²) in [6.45, 7) is 2.59. The van der Waals surface area contributed by atoms with Gasteiger partial charge in [0.15, 0.2) is 0 Å². The zero-order chi connectivity index (χ0) is 19.3. The second-order valence-electron chi connectivity index (χ2n) is 7.04. The number of carbonyl (C=O) groups excluding carboxylic acids is 1. The maximum Gasteiger partial charge on any atom is 0.229 e. The predicted molar refractivity (Wildman–Crippen MR) is 109 cm³/mol. The van der Waals surface area contributed by atoms with Crippen molar-refractivity contribution in [1.29, 1.82) is 0 Å². The summed E-state index contributed by atoms with van der Waals surface area (Å²) < 4.78 is 1.84. The van der Waals surface area contributed by atoms with Gasteiger partial charge in [-0.1, -0.05) is 23.7 Å². The molecule has 144 valence electrons. The number of rotatable bonds is 5. The van der Waals surface area contributed by atoms with Gasteiger partial charge in [0.05, 0.1) is 16.6 Å². The van der Waals surface area contributed by atoms with Crippen molar-refractivity contribution in [3.05, 3.63) is 71.6 Å². The Morgan fingerprint density at radius 3 is 2.79 bits per heavy atom. The molecule has 3 heterocycles. The van der Waals surface area contributed by atoms with Crippen molar-refractivity contribution in [1.82, 2.24) is 19.7 Å². The van der Waals surface area contributed by atoms with Gasteiger partial charge in [0.1, 0.15) is 5.82 Å². The van der Waals surface area contributed by atoms with Crippen LogP contribution < -0.4 is 5.32 Å². The van der Waals surface area contributed by atoms with Crippen LogP contribution in [0.4, 0.5) is 5.82 Å². The van der Waals surface area contributed by atoms with Gasteiger partial charge in [0.25, 0.3) is 0 Å². The Labute approximate surface area is 169 Å². The lowest BCUT2D eigenvalue weighted by molar-refractivity contribution is -0.121. The number of nitrogens with zero attached hydrogens (tertiary/aromatic N) is 4. The minimum absolute atomic E-state index is 0.0218. The summed E-state index contributed by atoms with van der Waals surface area (Å²) in [6, 6.07) is 13.8. The minimum atomic E-state index is -0.0328. The minimum Gasteiger partial charge on any atom is -0.310 e. The number of carbonyl (C=O) groups is 1. The quantitative estimate of drug-likeness (QED) is 0.714. The second-order valence-corrected chi connectivity index (χ2v) is 7.48. The van der Waals surface area contributed by atoms with Crippen LogP contribution in [0.5, 0.6) is 0 Å². The number of anilines is 1. The standard InChI is InChI=1S/C21H22ClN5O/c22-18-6-9-20(23-13-18)25-21(28)17-3-1-11-26(15-17)14-16-4-7-19(8-5-16)27-12-2-10-24-27/h2,4-10,12-13,17H,1,3,11,14-15H2,(H,23,25,28). The Morgan fingerprint density at radius 2 is 2.07 bits per heavy atom. The second kappa shape index (κ2) is 8.54. The highest BCUT2D eigenvalue weighted by atomic mass is 35.5. The molecule has 1 aromatic carbocycles.